The summed E-state index contributed by atoms with van der Waals surface area (Å²) >= 11 is 15.4. The number of ether oxygens (including phenoxy) is 1. The molecule has 0 unspecified atom stereocenters. The van der Waals surface area contributed by atoms with E-state index in [4.69, 9.17) is 27.9 Å². The molecule has 34 heavy (non-hydrogen) atoms. The van der Waals surface area contributed by atoms with Gasteiger partial charge in [-0.15, -0.1) is 10.2 Å². The molecule has 0 aliphatic carbocycles. The number of halogens is 4. The number of rotatable bonds is 6. The minimum absolute atomic E-state index is 0.275. The standard InChI is InChI=1S/C24H15Cl2F2N3OS2/c1-32-19-10-5-13(11-17(19)26)12-33-23-29-30-24-31(23)21(14-6-8-15(27)9-7-14)22(34-24)20-16(25)3-2-4-18(20)28/h2-11H,12H2,1H3. The highest BCUT2D eigenvalue weighted by Crippen LogP contribution is 2.44. The largest absolute Gasteiger partial charge is 0.495 e. The van der Waals surface area contributed by atoms with E-state index in [0.717, 1.165) is 5.56 Å². The van der Waals surface area contributed by atoms with Gasteiger partial charge in [0.2, 0.25) is 4.96 Å². The van der Waals surface area contributed by atoms with E-state index in [1.54, 1.807) is 31.4 Å². The average Bonchev–Trinajstić information content (AvgIpc) is 3.38. The summed E-state index contributed by atoms with van der Waals surface area (Å²) in [7, 11) is 1.57. The molecule has 0 saturated carbocycles. The Balaban J connectivity index is 1.63. The molecule has 0 fully saturated rings. The van der Waals surface area contributed by atoms with Gasteiger partial charge in [0.25, 0.3) is 0 Å². The number of benzene rings is 3. The van der Waals surface area contributed by atoms with Crippen LogP contribution in [-0.4, -0.2) is 21.7 Å². The predicted molar refractivity (Wildman–Crippen MR) is 134 cm³/mol. The molecule has 5 aromatic rings. The molecule has 0 saturated heterocycles. The summed E-state index contributed by atoms with van der Waals surface area (Å²) in [6.45, 7) is 0. The quantitative estimate of drug-likeness (QED) is 0.207. The minimum Gasteiger partial charge on any atom is -0.495 e. The third-order valence-electron chi connectivity index (χ3n) is 5.13. The molecular weight excluding hydrogens is 519 g/mol. The van der Waals surface area contributed by atoms with Gasteiger partial charge in [-0.25, -0.2) is 8.78 Å². The van der Waals surface area contributed by atoms with Gasteiger partial charge in [-0.2, -0.15) is 0 Å². The fourth-order valence-electron chi connectivity index (χ4n) is 3.55. The van der Waals surface area contributed by atoms with Crippen LogP contribution < -0.4 is 4.74 Å². The van der Waals surface area contributed by atoms with Crippen molar-refractivity contribution in [2.24, 2.45) is 0 Å². The molecule has 4 nitrogen and oxygen atoms in total. The molecule has 0 radical (unpaired) electrons. The molecule has 0 N–H and O–H groups in total. The molecule has 0 atom stereocenters. The Morgan fingerprint density at radius 3 is 2.50 bits per heavy atom. The monoisotopic (exact) mass is 533 g/mol. The summed E-state index contributed by atoms with van der Waals surface area (Å²) in [6.07, 6.45) is 0. The van der Waals surface area contributed by atoms with Gasteiger partial charge in [-0.3, -0.25) is 4.40 Å². The summed E-state index contributed by atoms with van der Waals surface area (Å²) in [5, 5.41) is 10.1. The maximum absolute atomic E-state index is 14.9. The topological polar surface area (TPSA) is 39.4 Å². The second kappa shape index (κ2) is 9.54. The Bertz CT molecular complexity index is 1480. The van der Waals surface area contributed by atoms with E-state index in [9.17, 15) is 8.78 Å². The number of nitrogens with zero attached hydrogens (tertiary/aromatic N) is 3. The number of thioether (sulfide) groups is 1. The van der Waals surface area contributed by atoms with E-state index < -0.39 is 5.82 Å². The predicted octanol–water partition coefficient (Wildman–Crippen LogP) is 8.01. The van der Waals surface area contributed by atoms with Crippen molar-refractivity contribution in [3.8, 4) is 27.4 Å². The Morgan fingerprint density at radius 1 is 1.00 bits per heavy atom. The van der Waals surface area contributed by atoms with E-state index in [-0.39, 0.29) is 16.4 Å². The van der Waals surface area contributed by atoms with E-state index >= 15 is 0 Å². The molecule has 172 valence electrons. The van der Waals surface area contributed by atoms with E-state index in [1.807, 2.05) is 22.6 Å². The van der Waals surface area contributed by atoms with E-state index in [1.165, 1.54) is 41.3 Å². The van der Waals surface area contributed by atoms with Crippen LogP contribution >= 0.6 is 46.3 Å². The Kier molecular flexibility index (Phi) is 6.48. The number of fused-ring (bicyclic) bond motifs is 1. The van der Waals surface area contributed by atoms with Crippen LogP contribution in [0.4, 0.5) is 8.78 Å². The Hall–Kier alpha value is -2.65. The first kappa shape index (κ1) is 23.1. The lowest BCUT2D eigenvalue weighted by molar-refractivity contribution is 0.415. The van der Waals surface area contributed by atoms with Gasteiger partial charge in [0, 0.05) is 16.9 Å². The summed E-state index contributed by atoms with van der Waals surface area (Å²) in [5.41, 5.74) is 2.59. The number of thiazole rings is 1. The zero-order valence-electron chi connectivity index (χ0n) is 17.6. The van der Waals surface area contributed by atoms with Crippen molar-refractivity contribution in [1.29, 1.82) is 0 Å². The summed E-state index contributed by atoms with van der Waals surface area (Å²) < 4.78 is 35.6. The van der Waals surface area contributed by atoms with Gasteiger partial charge in [-0.05, 0) is 54.1 Å². The molecule has 0 aliphatic rings. The van der Waals surface area contributed by atoms with Crippen molar-refractivity contribution in [3.05, 3.63) is 87.9 Å². The van der Waals surface area contributed by atoms with Crippen molar-refractivity contribution in [1.82, 2.24) is 14.6 Å². The highest BCUT2D eigenvalue weighted by atomic mass is 35.5. The van der Waals surface area contributed by atoms with Crippen LogP contribution in [0.2, 0.25) is 10.0 Å². The van der Waals surface area contributed by atoms with Gasteiger partial charge in [0.1, 0.15) is 17.4 Å². The smallest absolute Gasteiger partial charge is 0.218 e. The first-order valence-electron chi connectivity index (χ1n) is 9.99. The molecule has 5 rings (SSSR count). The number of methoxy groups -OCH3 is 1. The van der Waals surface area contributed by atoms with Crippen LogP contribution in [0.15, 0.2) is 65.8 Å². The summed E-state index contributed by atoms with van der Waals surface area (Å²) in [6, 6.07) is 16.1. The van der Waals surface area contributed by atoms with Crippen molar-refractivity contribution in [2.45, 2.75) is 10.9 Å². The highest BCUT2D eigenvalue weighted by Gasteiger charge is 2.24. The van der Waals surface area contributed by atoms with Crippen LogP contribution in [-0.2, 0) is 5.75 Å². The first-order valence-corrected chi connectivity index (χ1v) is 12.6. The van der Waals surface area contributed by atoms with Gasteiger partial charge in [0.15, 0.2) is 5.16 Å². The summed E-state index contributed by atoms with van der Waals surface area (Å²) in [5.74, 6) is 0.355. The van der Waals surface area contributed by atoms with Crippen LogP contribution in [0, 0.1) is 11.6 Å². The van der Waals surface area contributed by atoms with Gasteiger partial charge >= 0.3 is 0 Å². The molecule has 2 heterocycles. The zero-order valence-corrected chi connectivity index (χ0v) is 20.7. The van der Waals surface area contributed by atoms with E-state index in [2.05, 4.69) is 10.2 Å². The van der Waals surface area contributed by atoms with E-state index in [0.29, 0.717) is 42.8 Å². The maximum Gasteiger partial charge on any atom is 0.218 e. The molecular formula is C24H15Cl2F2N3OS2. The number of aromatic nitrogens is 3. The molecule has 0 spiro atoms. The lowest BCUT2D eigenvalue weighted by Crippen LogP contribution is -1.94. The number of hydrogen-bond donors (Lipinski definition) is 0. The zero-order chi connectivity index (χ0) is 23.8. The molecule has 0 aliphatic heterocycles. The lowest BCUT2D eigenvalue weighted by atomic mass is 10.1. The van der Waals surface area contributed by atoms with Crippen LogP contribution in [0.3, 0.4) is 0 Å². The minimum atomic E-state index is -0.449. The van der Waals surface area contributed by atoms with Crippen LogP contribution in [0.25, 0.3) is 26.7 Å². The molecule has 0 bridgehead atoms. The molecule has 3 aromatic carbocycles. The highest BCUT2D eigenvalue weighted by molar-refractivity contribution is 7.98. The fourth-order valence-corrected chi connectivity index (χ4v) is 6.23. The SMILES string of the molecule is COc1ccc(CSc2nnc3sc(-c4c(F)cccc4Cl)c(-c4ccc(F)cc4)n23)cc1Cl. The van der Waals surface area contributed by atoms with Gasteiger partial charge < -0.3 is 4.74 Å². The third-order valence-corrected chi connectivity index (χ3v) is 7.79. The van der Waals surface area contributed by atoms with Gasteiger partial charge in [-0.1, -0.05) is 58.4 Å². The average molecular weight is 534 g/mol. The maximum atomic E-state index is 14.9. The fraction of sp³-hybridized carbons (Fsp3) is 0.0833. The first-order chi connectivity index (χ1) is 16.5. The molecule has 10 heteroatoms. The Morgan fingerprint density at radius 2 is 1.79 bits per heavy atom. The third kappa shape index (κ3) is 4.27. The number of hydrogen-bond acceptors (Lipinski definition) is 5. The molecule has 2 aromatic heterocycles. The van der Waals surface area contributed by atoms with Crippen LogP contribution in [0.5, 0.6) is 5.75 Å². The van der Waals surface area contributed by atoms with Crippen molar-refractivity contribution < 1.29 is 13.5 Å². The van der Waals surface area contributed by atoms with Crippen molar-refractivity contribution >= 4 is 51.3 Å². The lowest BCUT2D eigenvalue weighted by Gasteiger charge is -2.10. The second-order valence-corrected chi connectivity index (χ2v) is 9.98. The molecule has 0 amide bonds. The van der Waals surface area contributed by atoms with Crippen molar-refractivity contribution in [3.63, 3.8) is 0 Å². The van der Waals surface area contributed by atoms with Crippen molar-refractivity contribution in [2.75, 3.05) is 7.11 Å². The normalized spacial score (nSPS) is 11.3. The Labute approximate surface area is 212 Å². The second-order valence-electron chi connectivity index (χ2n) is 7.24. The summed E-state index contributed by atoms with van der Waals surface area (Å²) in [4.78, 5) is 1.16. The van der Waals surface area contributed by atoms with Crippen LogP contribution in [0.1, 0.15) is 5.56 Å². The van der Waals surface area contributed by atoms with Gasteiger partial charge in [0.05, 0.1) is 27.7 Å².